The first-order valence-corrected chi connectivity index (χ1v) is 7.10. The number of aliphatic hydroxyl groups excluding tert-OH is 1. The number of Topliss-reactive ketones (excluding diaryl/α,β-unsaturated/α-hetero) is 1. The molecule has 1 aliphatic carbocycles. The summed E-state index contributed by atoms with van der Waals surface area (Å²) < 4.78 is 0. The Morgan fingerprint density at radius 1 is 1.32 bits per heavy atom. The summed E-state index contributed by atoms with van der Waals surface area (Å²) in [6, 6.07) is 10.8. The molecule has 0 aromatic heterocycles. The summed E-state index contributed by atoms with van der Waals surface area (Å²) in [4.78, 5) is 14.3. The van der Waals surface area contributed by atoms with Crippen LogP contribution in [0.2, 0.25) is 0 Å². The van der Waals surface area contributed by atoms with Gasteiger partial charge in [0, 0.05) is 18.0 Å². The Kier molecular flexibility index (Phi) is 3.19. The predicted molar refractivity (Wildman–Crippen MR) is 73.7 cm³/mol. The molecular weight excluding hydrogens is 238 g/mol. The fraction of sp³-hybridized carbons (Fsp3) is 0.562. The van der Waals surface area contributed by atoms with Crippen LogP contribution in [-0.4, -0.2) is 34.0 Å². The van der Waals surface area contributed by atoms with Crippen LogP contribution in [0.5, 0.6) is 0 Å². The van der Waals surface area contributed by atoms with Gasteiger partial charge in [-0.3, -0.25) is 9.69 Å². The van der Waals surface area contributed by atoms with Crippen LogP contribution in [0.4, 0.5) is 0 Å². The first kappa shape index (κ1) is 12.8. The molecule has 3 rings (SSSR count). The molecule has 1 saturated carbocycles. The van der Waals surface area contributed by atoms with Crippen LogP contribution in [0.15, 0.2) is 30.3 Å². The number of aliphatic hydroxyl groups is 1. The average molecular weight is 259 g/mol. The van der Waals surface area contributed by atoms with E-state index >= 15 is 0 Å². The topological polar surface area (TPSA) is 40.5 Å². The van der Waals surface area contributed by atoms with Crippen LogP contribution in [0.1, 0.15) is 38.3 Å². The number of likely N-dealkylation sites (tertiary alicyclic amines) is 1. The largest absolute Gasteiger partial charge is 0.393 e. The SMILES string of the molecule is CC(=O)[C@@H]1[C@@H]2C[C@@H](C[C@H]2O)N1[C@H](C)c1ccccc1. The van der Waals surface area contributed by atoms with Crippen molar-refractivity contribution in [2.75, 3.05) is 0 Å². The van der Waals surface area contributed by atoms with Crippen molar-refractivity contribution in [1.29, 1.82) is 0 Å². The molecule has 1 saturated heterocycles. The molecule has 1 aromatic carbocycles. The minimum absolute atomic E-state index is 0.107. The minimum atomic E-state index is -0.293. The third-order valence-electron chi connectivity index (χ3n) is 4.85. The van der Waals surface area contributed by atoms with Crippen LogP contribution in [0, 0.1) is 5.92 Å². The number of carbonyl (C=O) groups is 1. The summed E-state index contributed by atoms with van der Waals surface area (Å²) in [6.07, 6.45) is 1.48. The summed E-state index contributed by atoms with van der Waals surface area (Å²) in [6.45, 7) is 3.82. The van der Waals surface area contributed by atoms with Gasteiger partial charge in [0.25, 0.3) is 0 Å². The van der Waals surface area contributed by atoms with Gasteiger partial charge >= 0.3 is 0 Å². The van der Waals surface area contributed by atoms with Crippen molar-refractivity contribution in [2.24, 2.45) is 5.92 Å². The second-order valence-corrected chi connectivity index (χ2v) is 5.95. The van der Waals surface area contributed by atoms with E-state index in [1.807, 2.05) is 18.2 Å². The molecule has 0 unspecified atom stereocenters. The highest BCUT2D eigenvalue weighted by Crippen LogP contribution is 2.46. The van der Waals surface area contributed by atoms with Crippen molar-refractivity contribution < 1.29 is 9.90 Å². The van der Waals surface area contributed by atoms with Crippen molar-refractivity contribution in [1.82, 2.24) is 4.90 Å². The van der Waals surface area contributed by atoms with E-state index in [0.29, 0.717) is 6.04 Å². The van der Waals surface area contributed by atoms with Gasteiger partial charge in [-0.1, -0.05) is 30.3 Å². The lowest BCUT2D eigenvalue weighted by Gasteiger charge is -2.40. The Labute approximate surface area is 114 Å². The van der Waals surface area contributed by atoms with Crippen LogP contribution < -0.4 is 0 Å². The van der Waals surface area contributed by atoms with E-state index in [0.717, 1.165) is 12.8 Å². The zero-order valence-electron chi connectivity index (χ0n) is 11.5. The molecule has 1 N–H and O–H groups in total. The Balaban J connectivity index is 1.90. The molecule has 2 aliphatic rings. The first-order valence-electron chi connectivity index (χ1n) is 7.10. The van der Waals surface area contributed by atoms with E-state index in [1.165, 1.54) is 5.56 Å². The molecule has 1 heterocycles. The zero-order valence-corrected chi connectivity index (χ0v) is 11.5. The molecule has 3 nitrogen and oxygen atoms in total. The van der Waals surface area contributed by atoms with Crippen LogP contribution in [0.3, 0.4) is 0 Å². The van der Waals surface area contributed by atoms with E-state index in [2.05, 4.69) is 24.0 Å². The minimum Gasteiger partial charge on any atom is -0.393 e. The van der Waals surface area contributed by atoms with Crippen LogP contribution >= 0.6 is 0 Å². The van der Waals surface area contributed by atoms with E-state index in [1.54, 1.807) is 6.92 Å². The van der Waals surface area contributed by atoms with E-state index < -0.39 is 0 Å². The van der Waals surface area contributed by atoms with Crippen LogP contribution in [-0.2, 0) is 4.79 Å². The zero-order chi connectivity index (χ0) is 13.6. The lowest BCUT2D eigenvalue weighted by Crippen LogP contribution is -2.50. The summed E-state index contributed by atoms with van der Waals surface area (Å²) in [5, 5.41) is 10.0. The number of benzene rings is 1. The molecule has 102 valence electrons. The molecule has 3 heteroatoms. The van der Waals surface area contributed by atoms with Gasteiger partial charge in [0.1, 0.15) is 5.78 Å². The van der Waals surface area contributed by atoms with Crippen LogP contribution in [0.25, 0.3) is 0 Å². The Bertz CT molecular complexity index is 473. The van der Waals surface area contributed by atoms with Gasteiger partial charge in [-0.15, -0.1) is 0 Å². The van der Waals surface area contributed by atoms with E-state index in [9.17, 15) is 9.90 Å². The Hall–Kier alpha value is -1.19. The number of piperidine rings is 1. The third-order valence-corrected chi connectivity index (χ3v) is 4.85. The van der Waals surface area contributed by atoms with Gasteiger partial charge in [-0.05, 0) is 32.3 Å². The number of hydrogen-bond donors (Lipinski definition) is 1. The molecule has 2 bridgehead atoms. The molecule has 1 aliphatic heterocycles. The molecule has 0 spiro atoms. The molecule has 19 heavy (non-hydrogen) atoms. The van der Waals surface area contributed by atoms with Gasteiger partial charge < -0.3 is 5.11 Å². The first-order chi connectivity index (χ1) is 9.09. The summed E-state index contributed by atoms with van der Waals surface area (Å²) in [7, 11) is 0. The summed E-state index contributed by atoms with van der Waals surface area (Å²) in [5.41, 5.74) is 1.25. The van der Waals surface area contributed by atoms with Gasteiger partial charge in [0.15, 0.2) is 0 Å². The maximum absolute atomic E-state index is 12.0. The van der Waals surface area contributed by atoms with Crippen molar-refractivity contribution in [3.63, 3.8) is 0 Å². The quantitative estimate of drug-likeness (QED) is 0.904. The lowest BCUT2D eigenvalue weighted by molar-refractivity contribution is -0.127. The fourth-order valence-corrected chi connectivity index (χ4v) is 4.02. The lowest BCUT2D eigenvalue weighted by atomic mass is 9.91. The normalized spacial score (nSPS) is 35.5. The van der Waals surface area contributed by atoms with Crippen molar-refractivity contribution in [3.8, 4) is 0 Å². The Morgan fingerprint density at radius 3 is 2.63 bits per heavy atom. The van der Waals surface area contributed by atoms with Crippen molar-refractivity contribution >= 4 is 5.78 Å². The average Bonchev–Trinajstić information content (AvgIpc) is 2.95. The van der Waals surface area contributed by atoms with Crippen molar-refractivity contribution in [2.45, 2.75) is 50.9 Å². The van der Waals surface area contributed by atoms with E-state index in [-0.39, 0.29) is 29.9 Å². The third kappa shape index (κ3) is 2.01. The highest BCUT2D eigenvalue weighted by molar-refractivity contribution is 5.82. The number of nitrogens with zero attached hydrogens (tertiary/aromatic N) is 1. The molecule has 2 fully saturated rings. The molecule has 0 radical (unpaired) electrons. The predicted octanol–water partition coefficient (Wildman–Crippen LogP) is 2.16. The number of ketones is 1. The smallest absolute Gasteiger partial charge is 0.147 e. The van der Waals surface area contributed by atoms with Gasteiger partial charge in [-0.2, -0.15) is 0 Å². The fourth-order valence-electron chi connectivity index (χ4n) is 4.02. The molecule has 1 aromatic rings. The highest BCUT2D eigenvalue weighted by atomic mass is 16.3. The van der Waals surface area contributed by atoms with Crippen molar-refractivity contribution in [3.05, 3.63) is 35.9 Å². The van der Waals surface area contributed by atoms with Gasteiger partial charge in [0.05, 0.1) is 12.1 Å². The molecule has 0 amide bonds. The monoisotopic (exact) mass is 259 g/mol. The summed E-state index contributed by atoms with van der Waals surface area (Å²) in [5.74, 6) is 0.322. The number of carbonyl (C=O) groups excluding carboxylic acids is 1. The van der Waals surface area contributed by atoms with E-state index in [4.69, 9.17) is 0 Å². The molecular formula is C16H21NO2. The maximum Gasteiger partial charge on any atom is 0.147 e. The van der Waals surface area contributed by atoms with Gasteiger partial charge in [0.2, 0.25) is 0 Å². The maximum atomic E-state index is 12.0. The second kappa shape index (κ2) is 4.73. The standard InChI is InChI=1S/C16H21NO2/c1-10(12-6-4-3-5-7-12)17-13-8-14(15(19)9-13)16(17)11(2)18/h3-7,10,13-16,19H,8-9H2,1-2H3/t10-,13+,14-,15-,16-/m1/s1. The second-order valence-electron chi connectivity index (χ2n) is 5.95. The number of hydrogen-bond acceptors (Lipinski definition) is 3. The Morgan fingerprint density at radius 2 is 2.00 bits per heavy atom. The number of rotatable bonds is 3. The summed E-state index contributed by atoms with van der Waals surface area (Å²) >= 11 is 0. The number of fused-ring (bicyclic) bond motifs is 2. The van der Waals surface area contributed by atoms with Gasteiger partial charge in [-0.25, -0.2) is 0 Å². The molecule has 5 atom stereocenters. The highest BCUT2D eigenvalue weighted by Gasteiger charge is 2.53.